The van der Waals surface area contributed by atoms with Crippen LogP contribution in [-0.2, 0) is 0 Å². The third kappa shape index (κ3) is 3.62. The van der Waals surface area contributed by atoms with Crippen LogP contribution < -0.4 is 5.32 Å². The minimum atomic E-state index is 0.0114. The highest BCUT2D eigenvalue weighted by molar-refractivity contribution is 5.44. The van der Waals surface area contributed by atoms with Crippen LogP contribution in [-0.4, -0.2) is 17.8 Å². The molecule has 0 aliphatic carbocycles. The molecule has 0 aliphatic heterocycles. The number of rotatable bonds is 5. The van der Waals surface area contributed by atoms with E-state index in [9.17, 15) is 0 Å². The fourth-order valence-electron chi connectivity index (χ4n) is 1.20. The number of anilines is 1. The molecule has 0 amide bonds. The summed E-state index contributed by atoms with van der Waals surface area (Å²) in [6.07, 6.45) is 5.04. The average Bonchev–Trinajstić information content (AvgIpc) is 2.25. The zero-order chi connectivity index (χ0) is 10.2. The van der Waals surface area contributed by atoms with Crippen molar-refractivity contribution in [2.45, 2.75) is 19.4 Å². The molecule has 0 spiro atoms. The Balaban J connectivity index is 2.53. The van der Waals surface area contributed by atoms with Gasteiger partial charge in [0.2, 0.25) is 0 Å². The molecule has 0 radical (unpaired) electrons. The van der Waals surface area contributed by atoms with Gasteiger partial charge in [0.1, 0.15) is 0 Å². The van der Waals surface area contributed by atoms with E-state index in [-0.39, 0.29) is 12.6 Å². The zero-order valence-electron chi connectivity index (χ0n) is 8.48. The van der Waals surface area contributed by atoms with E-state index in [4.69, 9.17) is 5.11 Å². The Morgan fingerprint density at radius 2 is 2.07 bits per heavy atom. The standard InChI is InChI=1S/C12H17NO/c1-2-3-7-12(10-14)13-11-8-5-4-6-9-11/h3-9,12-14H,2,10H2,1H3/b7-3+/t12-/m0/s1. The molecule has 2 N–H and O–H groups in total. The van der Waals surface area contributed by atoms with Crippen LogP contribution in [0, 0.1) is 0 Å². The van der Waals surface area contributed by atoms with Gasteiger partial charge in [-0.1, -0.05) is 37.3 Å². The molecule has 2 nitrogen and oxygen atoms in total. The number of nitrogens with one attached hydrogen (secondary N) is 1. The topological polar surface area (TPSA) is 32.3 Å². The summed E-state index contributed by atoms with van der Waals surface area (Å²) in [5.74, 6) is 0. The van der Waals surface area contributed by atoms with Crippen LogP contribution >= 0.6 is 0 Å². The van der Waals surface area contributed by atoms with Gasteiger partial charge in [0.25, 0.3) is 0 Å². The summed E-state index contributed by atoms with van der Waals surface area (Å²) < 4.78 is 0. The molecule has 76 valence electrons. The normalized spacial score (nSPS) is 13.0. The maximum absolute atomic E-state index is 9.10. The minimum absolute atomic E-state index is 0.0114. The van der Waals surface area contributed by atoms with Crippen molar-refractivity contribution < 1.29 is 5.11 Å². The second-order valence-corrected chi connectivity index (χ2v) is 3.14. The molecular weight excluding hydrogens is 174 g/mol. The first kappa shape index (κ1) is 10.8. The summed E-state index contributed by atoms with van der Waals surface area (Å²) in [7, 11) is 0. The van der Waals surface area contributed by atoms with E-state index >= 15 is 0 Å². The molecule has 1 aromatic carbocycles. The first-order valence-electron chi connectivity index (χ1n) is 4.96. The van der Waals surface area contributed by atoms with Crippen LogP contribution in [0.25, 0.3) is 0 Å². The molecule has 0 heterocycles. The highest BCUT2D eigenvalue weighted by Crippen LogP contribution is 2.07. The predicted molar refractivity (Wildman–Crippen MR) is 60.4 cm³/mol. The van der Waals surface area contributed by atoms with Crippen molar-refractivity contribution in [2.24, 2.45) is 0 Å². The first-order chi connectivity index (χ1) is 6.86. The molecule has 1 atom stereocenters. The van der Waals surface area contributed by atoms with E-state index in [2.05, 4.69) is 18.3 Å². The lowest BCUT2D eigenvalue weighted by Crippen LogP contribution is -2.20. The zero-order valence-corrected chi connectivity index (χ0v) is 8.48. The van der Waals surface area contributed by atoms with Gasteiger partial charge >= 0.3 is 0 Å². The van der Waals surface area contributed by atoms with Gasteiger partial charge in [-0.05, 0) is 18.6 Å². The largest absolute Gasteiger partial charge is 0.394 e. The second-order valence-electron chi connectivity index (χ2n) is 3.14. The van der Waals surface area contributed by atoms with Crippen molar-refractivity contribution in [3.63, 3.8) is 0 Å². The van der Waals surface area contributed by atoms with E-state index in [1.54, 1.807) is 0 Å². The summed E-state index contributed by atoms with van der Waals surface area (Å²) in [6.45, 7) is 2.19. The van der Waals surface area contributed by atoms with Crippen molar-refractivity contribution in [1.29, 1.82) is 0 Å². The summed E-state index contributed by atoms with van der Waals surface area (Å²) in [5, 5.41) is 12.3. The number of allylic oxidation sites excluding steroid dienone is 1. The Morgan fingerprint density at radius 1 is 1.36 bits per heavy atom. The molecule has 2 heteroatoms. The molecule has 0 unspecified atom stereocenters. The van der Waals surface area contributed by atoms with E-state index in [1.807, 2.05) is 36.4 Å². The van der Waals surface area contributed by atoms with Crippen LogP contribution in [0.5, 0.6) is 0 Å². The highest BCUT2D eigenvalue weighted by atomic mass is 16.3. The Hall–Kier alpha value is -1.28. The van der Waals surface area contributed by atoms with Crippen molar-refractivity contribution in [3.05, 3.63) is 42.5 Å². The van der Waals surface area contributed by atoms with Crippen molar-refractivity contribution in [1.82, 2.24) is 0 Å². The van der Waals surface area contributed by atoms with E-state index < -0.39 is 0 Å². The third-order valence-electron chi connectivity index (χ3n) is 1.93. The van der Waals surface area contributed by atoms with Crippen molar-refractivity contribution >= 4 is 5.69 Å². The van der Waals surface area contributed by atoms with Crippen LogP contribution in [0.2, 0.25) is 0 Å². The fraction of sp³-hybridized carbons (Fsp3) is 0.333. The van der Waals surface area contributed by atoms with E-state index in [1.165, 1.54) is 0 Å². The van der Waals surface area contributed by atoms with Crippen LogP contribution in [0.4, 0.5) is 5.69 Å². The van der Waals surface area contributed by atoms with E-state index in [0.29, 0.717) is 0 Å². The SMILES string of the molecule is CC/C=C/[C@@H](CO)Nc1ccccc1. The quantitative estimate of drug-likeness (QED) is 0.700. The Bertz CT molecular complexity index is 269. The summed E-state index contributed by atoms with van der Waals surface area (Å²) in [6, 6.07) is 9.91. The average molecular weight is 191 g/mol. The van der Waals surface area contributed by atoms with Gasteiger partial charge < -0.3 is 10.4 Å². The van der Waals surface area contributed by atoms with Crippen LogP contribution in [0.15, 0.2) is 42.5 Å². The fourth-order valence-corrected chi connectivity index (χ4v) is 1.20. The minimum Gasteiger partial charge on any atom is -0.394 e. The lowest BCUT2D eigenvalue weighted by molar-refractivity contribution is 0.290. The van der Waals surface area contributed by atoms with Crippen molar-refractivity contribution in [2.75, 3.05) is 11.9 Å². The lowest BCUT2D eigenvalue weighted by Gasteiger charge is -2.13. The van der Waals surface area contributed by atoms with E-state index in [0.717, 1.165) is 12.1 Å². The molecule has 0 aliphatic rings. The molecule has 0 saturated carbocycles. The van der Waals surface area contributed by atoms with Gasteiger partial charge in [-0.2, -0.15) is 0 Å². The van der Waals surface area contributed by atoms with Gasteiger partial charge in [0, 0.05) is 5.69 Å². The number of hydrogen-bond donors (Lipinski definition) is 2. The maximum Gasteiger partial charge on any atom is 0.0675 e. The first-order valence-corrected chi connectivity index (χ1v) is 4.96. The van der Waals surface area contributed by atoms with Gasteiger partial charge in [-0.3, -0.25) is 0 Å². The molecule has 0 aromatic heterocycles. The second kappa shape index (κ2) is 6.22. The molecule has 1 rings (SSSR count). The highest BCUT2D eigenvalue weighted by Gasteiger charge is 2.00. The van der Waals surface area contributed by atoms with Gasteiger partial charge in [0.15, 0.2) is 0 Å². The summed E-state index contributed by atoms with van der Waals surface area (Å²) in [4.78, 5) is 0. The molecule has 0 saturated heterocycles. The van der Waals surface area contributed by atoms with Crippen LogP contribution in [0.1, 0.15) is 13.3 Å². The monoisotopic (exact) mass is 191 g/mol. The van der Waals surface area contributed by atoms with Gasteiger partial charge in [-0.25, -0.2) is 0 Å². The predicted octanol–water partition coefficient (Wildman–Crippen LogP) is 2.43. The summed E-state index contributed by atoms with van der Waals surface area (Å²) in [5.41, 5.74) is 1.03. The smallest absolute Gasteiger partial charge is 0.0675 e. The Labute approximate surface area is 85.3 Å². The lowest BCUT2D eigenvalue weighted by atomic mass is 10.2. The molecular formula is C12H17NO. The maximum atomic E-state index is 9.10. The molecule has 0 fully saturated rings. The number of aliphatic hydroxyl groups excluding tert-OH is 1. The van der Waals surface area contributed by atoms with Crippen LogP contribution in [0.3, 0.4) is 0 Å². The Morgan fingerprint density at radius 3 is 2.64 bits per heavy atom. The summed E-state index contributed by atoms with van der Waals surface area (Å²) >= 11 is 0. The molecule has 1 aromatic rings. The van der Waals surface area contributed by atoms with Crippen molar-refractivity contribution in [3.8, 4) is 0 Å². The number of hydrogen-bond acceptors (Lipinski definition) is 2. The molecule has 14 heavy (non-hydrogen) atoms. The third-order valence-corrected chi connectivity index (χ3v) is 1.93. The Kier molecular flexibility index (Phi) is 4.79. The van der Waals surface area contributed by atoms with Gasteiger partial charge in [-0.15, -0.1) is 0 Å². The van der Waals surface area contributed by atoms with Gasteiger partial charge in [0.05, 0.1) is 12.6 Å². The number of aliphatic hydroxyl groups is 1. The number of para-hydroxylation sites is 1. The molecule has 0 bridgehead atoms. The number of benzene rings is 1.